The number of hydrogen-bond acceptors (Lipinski definition) is 5. The summed E-state index contributed by atoms with van der Waals surface area (Å²) in [5, 5.41) is 0. The van der Waals surface area contributed by atoms with Crippen LogP contribution in [-0.2, 0) is 0 Å². The van der Waals surface area contributed by atoms with Gasteiger partial charge in [0.2, 0.25) is 6.79 Å². The van der Waals surface area contributed by atoms with Crippen molar-refractivity contribution in [1.29, 1.82) is 0 Å². The van der Waals surface area contributed by atoms with E-state index in [2.05, 4.69) is 9.97 Å². The van der Waals surface area contributed by atoms with Crippen LogP contribution in [0, 0.1) is 0 Å². The number of aromatic nitrogens is 2. The molecule has 0 bridgehead atoms. The number of nitrogens with zero attached hydrogens (tertiary/aromatic N) is 2. The molecule has 0 amide bonds. The molecular formula is C12H10N2O3. The summed E-state index contributed by atoms with van der Waals surface area (Å²) in [4.78, 5) is 8.39. The van der Waals surface area contributed by atoms with Gasteiger partial charge in [-0.2, -0.15) is 0 Å². The molecule has 2 aromatic rings. The molecule has 0 aliphatic carbocycles. The second-order valence-electron chi connectivity index (χ2n) is 3.48. The lowest BCUT2D eigenvalue weighted by molar-refractivity contribution is 0.174. The van der Waals surface area contributed by atoms with Gasteiger partial charge in [-0.25, -0.2) is 9.97 Å². The van der Waals surface area contributed by atoms with Crippen LogP contribution in [0.25, 0.3) is 11.4 Å². The summed E-state index contributed by atoms with van der Waals surface area (Å²) in [7, 11) is 1.60. The zero-order chi connectivity index (χ0) is 11.7. The number of methoxy groups -OCH3 is 1. The van der Waals surface area contributed by atoms with Gasteiger partial charge >= 0.3 is 0 Å². The second kappa shape index (κ2) is 3.93. The number of rotatable bonds is 2. The molecule has 1 aliphatic rings. The van der Waals surface area contributed by atoms with Crippen LogP contribution in [0.1, 0.15) is 0 Å². The third-order valence-corrected chi connectivity index (χ3v) is 2.50. The highest BCUT2D eigenvalue weighted by atomic mass is 16.7. The van der Waals surface area contributed by atoms with Crippen molar-refractivity contribution in [3.8, 4) is 28.6 Å². The maximum atomic E-state index is 5.33. The van der Waals surface area contributed by atoms with Crippen LogP contribution in [0.15, 0.2) is 30.6 Å². The average molecular weight is 230 g/mol. The molecule has 0 spiro atoms. The summed E-state index contributed by atoms with van der Waals surface area (Å²) in [6.07, 6.45) is 3.37. The van der Waals surface area contributed by atoms with Crippen molar-refractivity contribution < 1.29 is 14.2 Å². The van der Waals surface area contributed by atoms with Gasteiger partial charge < -0.3 is 14.2 Å². The summed E-state index contributed by atoms with van der Waals surface area (Å²) in [5.41, 5.74) is 0.789. The fraction of sp³-hybridized carbons (Fsp3) is 0.167. The third kappa shape index (κ3) is 1.65. The number of ether oxygens (including phenoxy) is 3. The predicted octanol–water partition coefficient (Wildman–Crippen LogP) is 1.88. The first-order valence-electron chi connectivity index (χ1n) is 5.13. The Morgan fingerprint density at radius 2 is 1.82 bits per heavy atom. The van der Waals surface area contributed by atoms with Crippen LogP contribution in [0.4, 0.5) is 0 Å². The van der Waals surface area contributed by atoms with Crippen LogP contribution in [0.3, 0.4) is 0 Å². The van der Waals surface area contributed by atoms with Gasteiger partial charge in [-0.3, -0.25) is 0 Å². The van der Waals surface area contributed by atoms with E-state index >= 15 is 0 Å². The Labute approximate surface area is 98.0 Å². The van der Waals surface area contributed by atoms with E-state index < -0.39 is 0 Å². The van der Waals surface area contributed by atoms with E-state index in [0.717, 1.165) is 5.56 Å². The molecule has 1 aromatic heterocycles. The Hall–Kier alpha value is -2.30. The van der Waals surface area contributed by atoms with Crippen molar-refractivity contribution >= 4 is 0 Å². The first-order valence-corrected chi connectivity index (χ1v) is 5.13. The second-order valence-corrected chi connectivity index (χ2v) is 3.48. The third-order valence-electron chi connectivity index (χ3n) is 2.50. The van der Waals surface area contributed by atoms with Gasteiger partial charge in [0.05, 0.1) is 12.7 Å². The average Bonchev–Trinajstić information content (AvgIpc) is 2.85. The number of benzene rings is 1. The van der Waals surface area contributed by atoms with E-state index in [1.807, 2.05) is 6.07 Å². The molecule has 0 saturated carbocycles. The molecule has 5 heteroatoms. The summed E-state index contributed by atoms with van der Waals surface area (Å²) < 4.78 is 15.9. The summed E-state index contributed by atoms with van der Waals surface area (Å²) in [6.45, 7) is 0.234. The van der Waals surface area contributed by atoms with Crippen molar-refractivity contribution in [3.05, 3.63) is 30.6 Å². The maximum absolute atomic E-state index is 5.33. The van der Waals surface area contributed by atoms with Gasteiger partial charge in [-0.15, -0.1) is 0 Å². The normalized spacial score (nSPS) is 12.5. The van der Waals surface area contributed by atoms with E-state index in [1.165, 1.54) is 0 Å². The van der Waals surface area contributed by atoms with Gasteiger partial charge in [0, 0.05) is 18.5 Å². The van der Waals surface area contributed by atoms with Crippen molar-refractivity contribution in [2.75, 3.05) is 13.9 Å². The Morgan fingerprint density at radius 1 is 1.12 bits per heavy atom. The zero-order valence-electron chi connectivity index (χ0n) is 9.21. The fourth-order valence-corrected chi connectivity index (χ4v) is 1.71. The molecule has 0 radical (unpaired) electrons. The largest absolute Gasteiger partial charge is 0.496 e. The molecule has 1 aromatic carbocycles. The van der Waals surface area contributed by atoms with Crippen molar-refractivity contribution in [2.45, 2.75) is 0 Å². The highest BCUT2D eigenvalue weighted by molar-refractivity contribution is 5.69. The molecular weight excluding hydrogens is 220 g/mol. The van der Waals surface area contributed by atoms with Crippen molar-refractivity contribution in [3.63, 3.8) is 0 Å². The lowest BCUT2D eigenvalue weighted by Gasteiger charge is -2.08. The molecule has 2 heterocycles. The molecule has 1 aliphatic heterocycles. The van der Waals surface area contributed by atoms with Gasteiger partial charge in [-0.1, -0.05) is 0 Å². The maximum Gasteiger partial charge on any atom is 0.231 e. The molecule has 0 saturated heterocycles. The van der Waals surface area contributed by atoms with Gasteiger partial charge in [-0.05, 0) is 12.1 Å². The van der Waals surface area contributed by atoms with Crippen LogP contribution in [-0.4, -0.2) is 23.9 Å². The van der Waals surface area contributed by atoms with Gasteiger partial charge in [0.25, 0.3) is 0 Å². The quantitative estimate of drug-likeness (QED) is 0.788. The standard InChI is InChI=1S/C12H10N2O3/c1-15-9-6-11-10(16-7-17-11)5-8(9)12-13-3-2-4-14-12/h2-6H,7H2,1H3. The lowest BCUT2D eigenvalue weighted by atomic mass is 10.1. The van der Waals surface area contributed by atoms with Crippen molar-refractivity contribution in [1.82, 2.24) is 9.97 Å². The first kappa shape index (κ1) is 9.89. The Kier molecular flexibility index (Phi) is 2.29. The molecule has 86 valence electrons. The Morgan fingerprint density at radius 3 is 2.53 bits per heavy atom. The highest BCUT2D eigenvalue weighted by Crippen LogP contribution is 2.41. The summed E-state index contributed by atoms with van der Waals surface area (Å²) >= 11 is 0. The molecule has 5 nitrogen and oxygen atoms in total. The highest BCUT2D eigenvalue weighted by Gasteiger charge is 2.19. The Bertz CT molecular complexity index is 543. The van der Waals surface area contributed by atoms with E-state index in [1.54, 1.807) is 31.6 Å². The number of hydrogen-bond donors (Lipinski definition) is 0. The monoisotopic (exact) mass is 230 g/mol. The number of fused-ring (bicyclic) bond motifs is 1. The topological polar surface area (TPSA) is 53.5 Å². The minimum absolute atomic E-state index is 0.234. The fourth-order valence-electron chi connectivity index (χ4n) is 1.71. The van der Waals surface area contributed by atoms with Crippen LogP contribution >= 0.6 is 0 Å². The van der Waals surface area contributed by atoms with E-state index in [4.69, 9.17) is 14.2 Å². The zero-order valence-corrected chi connectivity index (χ0v) is 9.21. The van der Waals surface area contributed by atoms with E-state index in [-0.39, 0.29) is 6.79 Å². The van der Waals surface area contributed by atoms with Crippen molar-refractivity contribution in [2.24, 2.45) is 0 Å². The van der Waals surface area contributed by atoms with Crippen LogP contribution in [0.5, 0.6) is 17.2 Å². The van der Waals surface area contributed by atoms with E-state index in [0.29, 0.717) is 23.1 Å². The van der Waals surface area contributed by atoms with Crippen LogP contribution in [0.2, 0.25) is 0 Å². The smallest absolute Gasteiger partial charge is 0.231 e. The van der Waals surface area contributed by atoms with Gasteiger partial charge in [0.1, 0.15) is 5.75 Å². The summed E-state index contributed by atoms with van der Waals surface area (Å²) in [6, 6.07) is 5.38. The lowest BCUT2D eigenvalue weighted by Crippen LogP contribution is -1.93. The minimum Gasteiger partial charge on any atom is -0.496 e. The molecule has 0 atom stereocenters. The Balaban J connectivity index is 2.16. The molecule has 0 fully saturated rings. The summed E-state index contributed by atoms with van der Waals surface area (Å²) in [5.74, 6) is 2.64. The van der Waals surface area contributed by atoms with Gasteiger partial charge in [0.15, 0.2) is 17.3 Å². The first-order chi connectivity index (χ1) is 8.38. The van der Waals surface area contributed by atoms with Crippen LogP contribution < -0.4 is 14.2 Å². The SMILES string of the molecule is COc1cc2c(cc1-c1ncccn1)OCO2. The molecule has 3 rings (SSSR count). The molecule has 0 N–H and O–H groups in total. The predicted molar refractivity (Wildman–Crippen MR) is 60.1 cm³/mol. The molecule has 0 unspecified atom stereocenters. The minimum atomic E-state index is 0.234. The molecule has 17 heavy (non-hydrogen) atoms. The van der Waals surface area contributed by atoms with E-state index in [9.17, 15) is 0 Å².